The Balaban J connectivity index is 1.86. The second-order valence-corrected chi connectivity index (χ2v) is 7.21. The van der Waals surface area contributed by atoms with Gasteiger partial charge in [0.2, 0.25) is 5.91 Å². The number of aryl methyl sites for hydroxylation is 2. The number of carbonyl (C=O) groups is 2. The normalized spacial score (nSPS) is 11.4. The Kier molecular flexibility index (Phi) is 5.63. The summed E-state index contributed by atoms with van der Waals surface area (Å²) in [5, 5.41) is 5.67. The minimum Gasteiger partial charge on any atom is -0.468 e. The molecule has 1 aromatic carbocycles. The number of rotatable bonds is 6. The van der Waals surface area contributed by atoms with Gasteiger partial charge in [0.15, 0.2) is 5.65 Å². The van der Waals surface area contributed by atoms with E-state index in [4.69, 9.17) is 9.72 Å². The minimum absolute atomic E-state index is 0.0349. The lowest BCUT2D eigenvalue weighted by Gasteiger charge is -2.25. The van der Waals surface area contributed by atoms with Gasteiger partial charge in [-0.3, -0.25) is 9.59 Å². The van der Waals surface area contributed by atoms with E-state index < -0.39 is 5.97 Å². The van der Waals surface area contributed by atoms with Gasteiger partial charge in [0, 0.05) is 29.2 Å². The van der Waals surface area contributed by atoms with Crippen LogP contribution in [0.2, 0.25) is 0 Å². The number of nitrogens with zero attached hydrogens (tertiary/aromatic N) is 4. The van der Waals surface area contributed by atoms with Crippen LogP contribution in [0.15, 0.2) is 24.3 Å². The first-order valence-electron chi connectivity index (χ1n) is 9.43. The van der Waals surface area contributed by atoms with E-state index in [0.29, 0.717) is 12.8 Å². The fraction of sp³-hybridized carbons (Fsp3) is 0.429. The van der Waals surface area contributed by atoms with Crippen LogP contribution in [0.5, 0.6) is 0 Å². The Hall–Kier alpha value is -2.96. The number of benzene rings is 1. The predicted octanol–water partition coefficient (Wildman–Crippen LogP) is 2.84. The van der Waals surface area contributed by atoms with Gasteiger partial charge in [-0.2, -0.15) is 5.10 Å². The SMILES string of the molecule is COC(=O)CN(C(=O)CCc1c(C)nc2c3ccccc3nn2c1C)C(C)C. The van der Waals surface area contributed by atoms with E-state index in [1.807, 2.05) is 56.5 Å². The van der Waals surface area contributed by atoms with Crippen LogP contribution in [0.1, 0.15) is 37.2 Å². The first-order chi connectivity index (χ1) is 13.3. The van der Waals surface area contributed by atoms with E-state index in [2.05, 4.69) is 5.10 Å². The summed E-state index contributed by atoms with van der Waals surface area (Å²) in [6, 6.07) is 7.84. The van der Waals surface area contributed by atoms with E-state index in [1.54, 1.807) is 4.90 Å². The first kappa shape index (κ1) is 19.8. The number of methoxy groups -OCH3 is 1. The number of hydrogen-bond acceptors (Lipinski definition) is 5. The van der Waals surface area contributed by atoms with E-state index in [0.717, 1.165) is 33.5 Å². The molecule has 0 saturated carbocycles. The van der Waals surface area contributed by atoms with Gasteiger partial charge in [-0.1, -0.05) is 12.1 Å². The van der Waals surface area contributed by atoms with Crippen molar-refractivity contribution in [2.45, 2.75) is 46.6 Å². The third-order valence-corrected chi connectivity index (χ3v) is 5.08. The lowest BCUT2D eigenvalue weighted by molar-refractivity contribution is -0.148. The highest BCUT2D eigenvalue weighted by Crippen LogP contribution is 2.23. The second-order valence-electron chi connectivity index (χ2n) is 7.21. The molecule has 0 aliphatic heterocycles. The molecule has 2 heterocycles. The van der Waals surface area contributed by atoms with Gasteiger partial charge >= 0.3 is 5.97 Å². The van der Waals surface area contributed by atoms with E-state index in [-0.39, 0.29) is 18.5 Å². The molecule has 0 bridgehead atoms. The molecule has 0 fully saturated rings. The van der Waals surface area contributed by atoms with E-state index in [9.17, 15) is 9.59 Å². The topological polar surface area (TPSA) is 76.8 Å². The van der Waals surface area contributed by atoms with Crippen LogP contribution in [0.4, 0.5) is 0 Å². The summed E-state index contributed by atoms with van der Waals surface area (Å²) in [6.45, 7) is 7.71. The van der Waals surface area contributed by atoms with Crippen molar-refractivity contribution in [2.24, 2.45) is 0 Å². The van der Waals surface area contributed by atoms with Crippen molar-refractivity contribution in [3.63, 3.8) is 0 Å². The maximum absolute atomic E-state index is 12.7. The molecule has 28 heavy (non-hydrogen) atoms. The molecule has 0 unspecified atom stereocenters. The standard InChI is InChI=1S/C21H26N4O3/c1-13(2)24(12-20(27)28-5)19(26)11-10-16-14(3)22-21-17-8-6-7-9-18(17)23-25(21)15(16)4/h6-9,13H,10-12H2,1-5H3. The smallest absolute Gasteiger partial charge is 0.325 e. The summed E-state index contributed by atoms with van der Waals surface area (Å²) in [5.41, 5.74) is 4.61. The monoisotopic (exact) mass is 382 g/mol. The Morgan fingerprint density at radius 3 is 2.61 bits per heavy atom. The minimum atomic E-state index is -0.416. The van der Waals surface area contributed by atoms with Gasteiger partial charge in [-0.15, -0.1) is 0 Å². The number of fused-ring (bicyclic) bond motifs is 3. The molecule has 3 rings (SSSR count). The fourth-order valence-corrected chi connectivity index (χ4v) is 3.48. The van der Waals surface area contributed by atoms with Gasteiger partial charge in [0.25, 0.3) is 0 Å². The van der Waals surface area contributed by atoms with Crippen LogP contribution in [-0.4, -0.2) is 51.1 Å². The molecule has 0 saturated heterocycles. The van der Waals surface area contributed by atoms with Crippen molar-refractivity contribution in [2.75, 3.05) is 13.7 Å². The molecule has 7 heteroatoms. The van der Waals surface area contributed by atoms with Crippen molar-refractivity contribution in [3.8, 4) is 0 Å². The summed E-state index contributed by atoms with van der Waals surface area (Å²) in [7, 11) is 1.33. The zero-order valence-electron chi connectivity index (χ0n) is 17.0. The molecule has 0 spiro atoms. The van der Waals surface area contributed by atoms with Crippen LogP contribution >= 0.6 is 0 Å². The van der Waals surface area contributed by atoms with Crippen LogP contribution < -0.4 is 0 Å². The van der Waals surface area contributed by atoms with E-state index >= 15 is 0 Å². The molecule has 0 aliphatic rings. The third kappa shape index (κ3) is 3.69. The third-order valence-electron chi connectivity index (χ3n) is 5.08. The van der Waals surface area contributed by atoms with Crippen LogP contribution in [0.25, 0.3) is 16.6 Å². The molecule has 1 amide bonds. The Morgan fingerprint density at radius 1 is 1.21 bits per heavy atom. The molecule has 148 valence electrons. The molecule has 7 nitrogen and oxygen atoms in total. The summed E-state index contributed by atoms with van der Waals surface area (Å²) >= 11 is 0. The van der Waals surface area contributed by atoms with Crippen LogP contribution in [0, 0.1) is 13.8 Å². The van der Waals surface area contributed by atoms with Crippen LogP contribution in [-0.2, 0) is 20.7 Å². The Labute approximate surface area is 164 Å². The molecule has 0 atom stereocenters. The van der Waals surface area contributed by atoms with Crippen molar-refractivity contribution in [1.82, 2.24) is 19.5 Å². The lowest BCUT2D eigenvalue weighted by atomic mass is 10.1. The number of hydrogen-bond donors (Lipinski definition) is 0. The summed E-state index contributed by atoms with van der Waals surface area (Å²) in [4.78, 5) is 30.6. The van der Waals surface area contributed by atoms with Crippen molar-refractivity contribution in [1.29, 1.82) is 0 Å². The predicted molar refractivity (Wildman–Crippen MR) is 107 cm³/mol. The highest BCUT2D eigenvalue weighted by atomic mass is 16.5. The average Bonchev–Trinajstić information content (AvgIpc) is 3.04. The average molecular weight is 382 g/mol. The van der Waals surface area contributed by atoms with Gasteiger partial charge < -0.3 is 9.64 Å². The number of ether oxygens (including phenoxy) is 1. The lowest BCUT2D eigenvalue weighted by Crippen LogP contribution is -2.41. The summed E-state index contributed by atoms with van der Waals surface area (Å²) in [6.07, 6.45) is 0.838. The largest absolute Gasteiger partial charge is 0.468 e. The number of esters is 1. The van der Waals surface area contributed by atoms with E-state index in [1.165, 1.54) is 7.11 Å². The van der Waals surface area contributed by atoms with Crippen molar-refractivity contribution < 1.29 is 14.3 Å². The molecule has 0 aliphatic carbocycles. The molecule has 3 aromatic rings. The maximum Gasteiger partial charge on any atom is 0.325 e. The fourth-order valence-electron chi connectivity index (χ4n) is 3.48. The van der Waals surface area contributed by atoms with Crippen molar-refractivity contribution >= 4 is 28.4 Å². The first-order valence-corrected chi connectivity index (χ1v) is 9.43. The summed E-state index contributed by atoms with van der Waals surface area (Å²) in [5.74, 6) is -0.495. The zero-order valence-corrected chi connectivity index (χ0v) is 17.0. The Morgan fingerprint density at radius 2 is 1.93 bits per heavy atom. The molecular formula is C21H26N4O3. The zero-order chi connectivity index (χ0) is 20.4. The molecular weight excluding hydrogens is 356 g/mol. The van der Waals surface area contributed by atoms with Crippen molar-refractivity contribution in [3.05, 3.63) is 41.2 Å². The van der Waals surface area contributed by atoms with Crippen LogP contribution in [0.3, 0.4) is 0 Å². The van der Waals surface area contributed by atoms with Gasteiger partial charge in [0.1, 0.15) is 6.54 Å². The van der Waals surface area contributed by atoms with Gasteiger partial charge in [-0.05, 0) is 51.8 Å². The highest BCUT2D eigenvalue weighted by Gasteiger charge is 2.21. The number of carbonyl (C=O) groups excluding carboxylic acids is 2. The number of aromatic nitrogens is 3. The quantitative estimate of drug-likeness (QED) is 0.613. The summed E-state index contributed by atoms with van der Waals surface area (Å²) < 4.78 is 6.56. The molecule has 0 N–H and O–H groups in total. The maximum atomic E-state index is 12.7. The van der Waals surface area contributed by atoms with Gasteiger partial charge in [0.05, 0.1) is 12.6 Å². The Bertz CT molecular complexity index is 1040. The highest BCUT2D eigenvalue weighted by molar-refractivity contribution is 5.92. The molecule has 0 radical (unpaired) electrons. The second kappa shape index (κ2) is 7.96. The van der Waals surface area contributed by atoms with Gasteiger partial charge in [-0.25, -0.2) is 9.50 Å². The number of amides is 1. The molecule has 2 aromatic heterocycles.